The Balaban J connectivity index is 1.31. The van der Waals surface area contributed by atoms with Gasteiger partial charge in [-0.15, -0.1) is 0 Å². The van der Waals surface area contributed by atoms with Crippen LogP contribution in [0.3, 0.4) is 0 Å². The maximum absolute atomic E-state index is 13.6. The number of benzene rings is 1. The fourth-order valence-corrected chi connectivity index (χ4v) is 6.56. The van der Waals surface area contributed by atoms with Gasteiger partial charge in [-0.3, -0.25) is 9.69 Å². The molecule has 8 nitrogen and oxygen atoms in total. The molecule has 0 radical (unpaired) electrons. The Bertz CT molecular complexity index is 1270. The Morgan fingerprint density at radius 3 is 2.52 bits per heavy atom. The van der Waals surface area contributed by atoms with Crippen LogP contribution in [0.15, 0.2) is 18.3 Å². The monoisotopic (exact) mass is 434 g/mol. The van der Waals surface area contributed by atoms with Crippen molar-refractivity contribution < 1.29 is 9.90 Å². The van der Waals surface area contributed by atoms with Crippen LogP contribution in [0.4, 0.5) is 17.5 Å². The van der Waals surface area contributed by atoms with Crippen molar-refractivity contribution in [1.82, 2.24) is 18.7 Å². The third-order valence-electron chi connectivity index (χ3n) is 7.95. The first-order valence-corrected chi connectivity index (χ1v) is 11.6. The van der Waals surface area contributed by atoms with E-state index in [9.17, 15) is 9.90 Å². The molecule has 0 unspecified atom stereocenters. The largest absolute Gasteiger partial charge is 0.390 e. The highest BCUT2D eigenvalue weighted by atomic mass is 32.1. The fraction of sp³-hybridized carbons (Fsp3) is 0.500. The summed E-state index contributed by atoms with van der Waals surface area (Å²) in [4.78, 5) is 25.0. The highest BCUT2D eigenvalue weighted by Gasteiger charge is 2.67. The smallest absolute Gasteiger partial charge is 0.239 e. The third kappa shape index (κ3) is 2.30. The molecule has 3 fully saturated rings. The first-order chi connectivity index (χ1) is 14.9. The van der Waals surface area contributed by atoms with E-state index in [1.165, 1.54) is 11.7 Å². The molecule has 0 saturated heterocycles. The summed E-state index contributed by atoms with van der Waals surface area (Å²) in [5.74, 6) is 1.37. The second-order valence-corrected chi connectivity index (χ2v) is 10.4. The molecule has 1 spiro atoms. The van der Waals surface area contributed by atoms with E-state index in [1.807, 2.05) is 30.2 Å². The number of aryl methyl sites for hydroxylation is 1. The second-order valence-electron chi connectivity index (χ2n) is 9.82. The number of aliphatic hydroxyl groups is 1. The predicted molar refractivity (Wildman–Crippen MR) is 117 cm³/mol. The van der Waals surface area contributed by atoms with Crippen LogP contribution < -0.4 is 10.2 Å². The van der Waals surface area contributed by atoms with Crippen molar-refractivity contribution >= 4 is 46.1 Å². The maximum Gasteiger partial charge on any atom is 0.239 e. The number of anilines is 3. The molecule has 2 aromatic heterocycles. The zero-order chi connectivity index (χ0) is 21.0. The SMILES string of the molecule is Cc1cc2nsnc2cc1Nc1ncc2c(n1)N(C13CCC(O)(CC1)C3)C(=O)C21CC1. The summed E-state index contributed by atoms with van der Waals surface area (Å²) < 4.78 is 8.62. The van der Waals surface area contributed by atoms with Gasteiger partial charge in [0.15, 0.2) is 0 Å². The van der Waals surface area contributed by atoms with Gasteiger partial charge in [0.25, 0.3) is 0 Å². The molecule has 3 heterocycles. The summed E-state index contributed by atoms with van der Waals surface area (Å²) in [6, 6.07) is 3.96. The van der Waals surface area contributed by atoms with E-state index in [2.05, 4.69) is 19.0 Å². The number of hydrogen-bond donors (Lipinski definition) is 2. The lowest BCUT2D eigenvalue weighted by Gasteiger charge is -2.37. The van der Waals surface area contributed by atoms with Gasteiger partial charge in [-0.25, -0.2) is 4.98 Å². The highest BCUT2D eigenvalue weighted by Crippen LogP contribution is 2.63. The number of carbonyl (C=O) groups excluding carboxylic acids is 1. The molecule has 158 valence electrons. The lowest BCUT2D eigenvalue weighted by molar-refractivity contribution is -0.121. The molecule has 3 aliphatic carbocycles. The average Bonchev–Trinajstić information content (AvgIpc) is 3.00. The van der Waals surface area contributed by atoms with Crippen LogP contribution >= 0.6 is 11.7 Å². The van der Waals surface area contributed by atoms with E-state index in [0.717, 1.165) is 72.2 Å². The van der Waals surface area contributed by atoms with E-state index >= 15 is 0 Å². The van der Waals surface area contributed by atoms with Crippen molar-refractivity contribution in [2.24, 2.45) is 0 Å². The van der Waals surface area contributed by atoms with Crippen molar-refractivity contribution in [2.45, 2.75) is 68.4 Å². The Kier molecular flexibility index (Phi) is 3.23. The van der Waals surface area contributed by atoms with E-state index < -0.39 is 11.0 Å². The number of carbonyl (C=O) groups is 1. The minimum atomic E-state index is -0.623. The van der Waals surface area contributed by atoms with E-state index in [0.29, 0.717) is 12.4 Å². The minimum absolute atomic E-state index is 0.159. The van der Waals surface area contributed by atoms with Gasteiger partial charge in [0.1, 0.15) is 16.9 Å². The Morgan fingerprint density at radius 2 is 1.84 bits per heavy atom. The van der Waals surface area contributed by atoms with Crippen LogP contribution in [0.1, 0.15) is 56.1 Å². The van der Waals surface area contributed by atoms with E-state index in [4.69, 9.17) is 4.98 Å². The molecule has 2 bridgehead atoms. The van der Waals surface area contributed by atoms with Crippen molar-refractivity contribution in [1.29, 1.82) is 0 Å². The fourth-order valence-electron chi connectivity index (χ4n) is 6.06. The summed E-state index contributed by atoms with van der Waals surface area (Å²) in [5, 5.41) is 14.1. The standard InChI is InChI=1S/C22H22N6O2S/c1-12-8-15-16(27-31-26-15)9-14(12)24-19-23-10-13-17(25-19)28(18(29)22(13)6-7-22)20-2-4-21(30,11-20)5-3-20/h8-10,30H,2-7,11H2,1H3,(H,23,24,25). The number of hydrogen-bond acceptors (Lipinski definition) is 8. The van der Waals surface area contributed by atoms with Gasteiger partial charge in [0.2, 0.25) is 11.9 Å². The van der Waals surface area contributed by atoms with Gasteiger partial charge in [-0.1, -0.05) is 0 Å². The number of amides is 1. The van der Waals surface area contributed by atoms with Crippen LogP contribution in [0.2, 0.25) is 0 Å². The Morgan fingerprint density at radius 1 is 1.10 bits per heavy atom. The first kappa shape index (κ1) is 18.0. The Labute approximate surface area is 183 Å². The van der Waals surface area contributed by atoms with Gasteiger partial charge in [0, 0.05) is 17.4 Å². The zero-order valence-electron chi connectivity index (χ0n) is 17.2. The summed E-state index contributed by atoms with van der Waals surface area (Å²) in [6.07, 6.45) is 7.40. The Hall–Kier alpha value is -2.65. The summed E-state index contributed by atoms with van der Waals surface area (Å²) in [6.45, 7) is 2.01. The molecule has 1 amide bonds. The van der Waals surface area contributed by atoms with Crippen LogP contribution in [0.25, 0.3) is 11.0 Å². The predicted octanol–water partition coefficient (Wildman–Crippen LogP) is 3.36. The molecule has 1 aliphatic heterocycles. The molecule has 31 heavy (non-hydrogen) atoms. The first-order valence-electron chi connectivity index (χ1n) is 10.9. The highest BCUT2D eigenvalue weighted by molar-refractivity contribution is 7.00. The van der Waals surface area contributed by atoms with Crippen LogP contribution in [-0.4, -0.2) is 40.9 Å². The van der Waals surface area contributed by atoms with Crippen LogP contribution in [-0.2, 0) is 10.2 Å². The molecule has 1 aromatic carbocycles. The van der Waals surface area contributed by atoms with Crippen LogP contribution in [0, 0.1) is 6.92 Å². The molecule has 4 aliphatic rings. The average molecular weight is 435 g/mol. The summed E-state index contributed by atoms with van der Waals surface area (Å²) >= 11 is 1.20. The molecule has 9 heteroatoms. The van der Waals surface area contributed by atoms with Gasteiger partial charge < -0.3 is 10.4 Å². The zero-order valence-corrected chi connectivity index (χ0v) is 18.0. The topological polar surface area (TPSA) is 104 Å². The molecule has 2 N–H and O–H groups in total. The van der Waals surface area contributed by atoms with Crippen molar-refractivity contribution in [2.75, 3.05) is 10.2 Å². The van der Waals surface area contributed by atoms with Crippen molar-refractivity contribution in [3.05, 3.63) is 29.5 Å². The molecular formula is C22H22N6O2S. The molecular weight excluding hydrogens is 412 g/mol. The minimum Gasteiger partial charge on any atom is -0.390 e. The van der Waals surface area contributed by atoms with Gasteiger partial charge >= 0.3 is 0 Å². The quantitative estimate of drug-likeness (QED) is 0.651. The number of aromatic nitrogens is 4. The van der Waals surface area contributed by atoms with Crippen molar-refractivity contribution in [3.63, 3.8) is 0 Å². The third-order valence-corrected chi connectivity index (χ3v) is 8.51. The van der Waals surface area contributed by atoms with Crippen LogP contribution in [0.5, 0.6) is 0 Å². The number of nitrogens with zero attached hydrogens (tertiary/aromatic N) is 5. The number of nitrogens with one attached hydrogen (secondary N) is 1. The lowest BCUT2D eigenvalue weighted by Crippen LogP contribution is -2.49. The van der Waals surface area contributed by atoms with Gasteiger partial charge in [0.05, 0.1) is 28.3 Å². The van der Waals surface area contributed by atoms with Gasteiger partial charge in [-0.05, 0) is 69.6 Å². The molecule has 0 atom stereocenters. The molecule has 3 saturated carbocycles. The lowest BCUT2D eigenvalue weighted by atomic mass is 9.91. The number of rotatable bonds is 3. The second kappa shape index (κ2) is 5.58. The van der Waals surface area contributed by atoms with E-state index in [-0.39, 0.29) is 11.4 Å². The summed E-state index contributed by atoms with van der Waals surface area (Å²) in [5.41, 5.74) is 3.22. The number of fused-ring (bicyclic) bond motifs is 5. The maximum atomic E-state index is 13.6. The summed E-state index contributed by atoms with van der Waals surface area (Å²) in [7, 11) is 0. The van der Waals surface area contributed by atoms with E-state index in [1.54, 1.807) is 0 Å². The molecule has 3 aromatic rings. The molecule has 7 rings (SSSR count). The normalized spacial score (nSPS) is 29.9. The van der Waals surface area contributed by atoms with Gasteiger partial charge in [-0.2, -0.15) is 13.7 Å². The van der Waals surface area contributed by atoms with Crippen molar-refractivity contribution in [3.8, 4) is 0 Å².